The molecular weight excluding hydrogens is 520 g/mol. The first-order valence-corrected chi connectivity index (χ1v) is 13.1. The molecule has 2 aromatic carbocycles. The summed E-state index contributed by atoms with van der Waals surface area (Å²) < 4.78 is 13.0. The predicted octanol–water partition coefficient (Wildman–Crippen LogP) is 6.05. The van der Waals surface area contributed by atoms with Crippen molar-refractivity contribution in [2.45, 2.75) is 25.9 Å². The first-order chi connectivity index (χ1) is 18.4. The van der Waals surface area contributed by atoms with Gasteiger partial charge in [-0.15, -0.1) is 0 Å². The Morgan fingerprint density at radius 2 is 1.79 bits per heavy atom. The summed E-state index contributed by atoms with van der Waals surface area (Å²) in [5.41, 5.74) is 5.96. The van der Waals surface area contributed by atoms with Crippen molar-refractivity contribution >= 4 is 34.6 Å². The van der Waals surface area contributed by atoms with Crippen molar-refractivity contribution in [1.29, 1.82) is 0 Å². The molecule has 4 aromatic rings. The van der Waals surface area contributed by atoms with Gasteiger partial charge < -0.3 is 29.4 Å². The fraction of sp³-hybridized carbons (Fsp3) is 0.241. The smallest absolute Gasteiger partial charge is 0.174 e. The highest BCUT2D eigenvalue weighted by Gasteiger charge is 2.42. The molecule has 2 aromatic heterocycles. The van der Waals surface area contributed by atoms with Crippen LogP contribution in [0.4, 0.5) is 5.69 Å². The second-order valence-electron chi connectivity index (χ2n) is 9.13. The Morgan fingerprint density at radius 1 is 1.03 bits per heavy atom. The molecule has 3 heterocycles. The van der Waals surface area contributed by atoms with Crippen molar-refractivity contribution < 1.29 is 14.6 Å². The zero-order valence-corrected chi connectivity index (χ0v) is 23.0. The summed E-state index contributed by atoms with van der Waals surface area (Å²) in [6.45, 7) is 5.06. The van der Waals surface area contributed by atoms with Crippen LogP contribution < -0.4 is 15.0 Å². The molecule has 0 aliphatic carbocycles. The number of methoxy groups -OCH3 is 1. The van der Waals surface area contributed by atoms with E-state index in [1.165, 1.54) is 0 Å². The van der Waals surface area contributed by atoms with E-state index in [4.69, 9.17) is 33.3 Å². The number of thiocarbonyl (C=S) groups is 1. The molecule has 2 unspecified atom stereocenters. The van der Waals surface area contributed by atoms with Gasteiger partial charge in [-0.05, 0) is 92.3 Å². The van der Waals surface area contributed by atoms with Gasteiger partial charge in [-0.2, -0.15) is 0 Å². The van der Waals surface area contributed by atoms with Gasteiger partial charge in [-0.3, -0.25) is 4.98 Å². The van der Waals surface area contributed by atoms with E-state index in [0.717, 1.165) is 34.0 Å². The van der Waals surface area contributed by atoms with E-state index in [-0.39, 0.29) is 17.8 Å². The number of phenolic OH excluding ortho intramolecular Hbond substituents is 1. The van der Waals surface area contributed by atoms with E-state index >= 15 is 0 Å². The topological polar surface area (TPSA) is 71.8 Å². The largest absolute Gasteiger partial charge is 0.508 e. The number of hydrogen-bond donors (Lipinski definition) is 2. The minimum Gasteiger partial charge on any atom is -0.508 e. The number of benzene rings is 2. The number of ether oxygens (including phenoxy) is 2. The Morgan fingerprint density at radius 3 is 2.47 bits per heavy atom. The zero-order valence-electron chi connectivity index (χ0n) is 21.4. The van der Waals surface area contributed by atoms with E-state index in [1.54, 1.807) is 25.4 Å². The molecular formula is C29H29ClN4O3S. The van der Waals surface area contributed by atoms with Gasteiger partial charge in [-0.1, -0.05) is 17.7 Å². The molecule has 9 heteroatoms. The molecule has 1 aliphatic heterocycles. The second-order valence-corrected chi connectivity index (χ2v) is 9.92. The SMILES string of the molecule is COCCOc1ccc(N2C(=S)NC(c3ccccn3)C2c2cc(C)n(-c3ccc(O)cc3)c2C)cc1Cl. The number of rotatable bonds is 8. The van der Waals surface area contributed by atoms with Crippen molar-refractivity contribution in [1.82, 2.24) is 14.9 Å². The number of phenols is 1. The van der Waals surface area contributed by atoms with E-state index in [2.05, 4.69) is 39.7 Å². The number of nitrogens with zero attached hydrogens (tertiary/aromatic N) is 3. The lowest BCUT2D eigenvalue weighted by atomic mass is 9.96. The molecule has 2 atom stereocenters. The first kappa shape index (κ1) is 26.0. The molecule has 0 bridgehead atoms. The summed E-state index contributed by atoms with van der Waals surface area (Å²) >= 11 is 12.5. The number of anilines is 1. The molecule has 0 amide bonds. The van der Waals surface area contributed by atoms with Gasteiger partial charge in [-0.25, -0.2) is 0 Å². The summed E-state index contributed by atoms with van der Waals surface area (Å²) in [4.78, 5) is 6.76. The third-order valence-corrected chi connectivity index (χ3v) is 7.34. The fourth-order valence-electron chi connectivity index (χ4n) is 5.03. The van der Waals surface area contributed by atoms with Crippen LogP contribution in [0, 0.1) is 13.8 Å². The number of hydrogen-bond acceptors (Lipinski definition) is 5. The highest BCUT2D eigenvalue weighted by atomic mass is 35.5. The van der Waals surface area contributed by atoms with Crippen molar-refractivity contribution in [2.24, 2.45) is 0 Å². The van der Waals surface area contributed by atoms with Gasteiger partial charge in [0.2, 0.25) is 0 Å². The lowest BCUT2D eigenvalue weighted by Gasteiger charge is -2.28. The highest BCUT2D eigenvalue weighted by Crippen LogP contribution is 2.45. The summed E-state index contributed by atoms with van der Waals surface area (Å²) in [5.74, 6) is 0.823. The second kappa shape index (κ2) is 11.0. The third-order valence-electron chi connectivity index (χ3n) is 6.73. The highest BCUT2D eigenvalue weighted by molar-refractivity contribution is 7.80. The van der Waals surface area contributed by atoms with Crippen LogP contribution in [0.1, 0.15) is 34.7 Å². The molecule has 7 nitrogen and oxygen atoms in total. The maximum atomic E-state index is 9.80. The van der Waals surface area contributed by atoms with Gasteiger partial charge in [0.25, 0.3) is 0 Å². The Kier molecular flexibility index (Phi) is 7.56. The van der Waals surface area contributed by atoms with Gasteiger partial charge in [0.05, 0.1) is 29.4 Å². The maximum absolute atomic E-state index is 9.80. The fourth-order valence-corrected chi connectivity index (χ4v) is 5.60. The van der Waals surface area contributed by atoms with E-state index < -0.39 is 0 Å². The molecule has 1 saturated heterocycles. The van der Waals surface area contributed by atoms with Crippen molar-refractivity contribution in [2.75, 3.05) is 25.2 Å². The number of aromatic nitrogens is 2. The lowest BCUT2D eigenvalue weighted by Crippen LogP contribution is -2.29. The van der Waals surface area contributed by atoms with Crippen molar-refractivity contribution in [3.63, 3.8) is 0 Å². The summed E-state index contributed by atoms with van der Waals surface area (Å²) in [6.07, 6.45) is 1.79. The monoisotopic (exact) mass is 548 g/mol. The normalized spacial score (nSPS) is 17.1. The number of halogens is 1. The van der Waals surface area contributed by atoms with Crippen LogP contribution in [-0.4, -0.2) is 40.1 Å². The molecule has 0 saturated carbocycles. The molecule has 0 spiro atoms. The van der Waals surface area contributed by atoms with Crippen LogP contribution in [0.2, 0.25) is 5.02 Å². The van der Waals surface area contributed by atoms with E-state index in [1.807, 2.05) is 48.5 Å². The minimum absolute atomic E-state index is 0.186. The average molecular weight is 549 g/mol. The predicted molar refractivity (Wildman–Crippen MR) is 154 cm³/mol. The molecule has 2 N–H and O–H groups in total. The van der Waals surface area contributed by atoms with Gasteiger partial charge in [0, 0.05) is 36.1 Å². The van der Waals surface area contributed by atoms with Gasteiger partial charge in [0.15, 0.2) is 5.11 Å². The summed E-state index contributed by atoms with van der Waals surface area (Å²) in [7, 11) is 1.63. The van der Waals surface area contributed by atoms with Crippen LogP contribution in [-0.2, 0) is 4.74 Å². The number of aromatic hydroxyl groups is 1. The van der Waals surface area contributed by atoms with Gasteiger partial charge in [0.1, 0.15) is 18.1 Å². The quantitative estimate of drug-likeness (QED) is 0.205. The van der Waals surface area contributed by atoms with Crippen LogP contribution in [0.25, 0.3) is 5.69 Å². The molecule has 38 heavy (non-hydrogen) atoms. The molecule has 196 valence electrons. The Labute approximate surface area is 232 Å². The van der Waals surface area contributed by atoms with E-state index in [9.17, 15) is 5.11 Å². The maximum Gasteiger partial charge on any atom is 0.174 e. The van der Waals surface area contributed by atoms with Crippen LogP contribution >= 0.6 is 23.8 Å². The molecule has 5 rings (SSSR count). The van der Waals surface area contributed by atoms with Crippen LogP contribution in [0.3, 0.4) is 0 Å². The minimum atomic E-state index is -0.189. The first-order valence-electron chi connectivity index (χ1n) is 12.3. The summed E-state index contributed by atoms with van der Waals surface area (Å²) in [6, 6.07) is 20.6. The third kappa shape index (κ3) is 4.95. The molecule has 1 fully saturated rings. The lowest BCUT2D eigenvalue weighted by molar-refractivity contribution is 0.146. The Hall–Kier alpha value is -3.59. The molecule has 1 aliphatic rings. The van der Waals surface area contributed by atoms with Crippen molar-refractivity contribution in [3.05, 3.63) is 101 Å². The van der Waals surface area contributed by atoms with Crippen LogP contribution in [0.15, 0.2) is 72.9 Å². The van der Waals surface area contributed by atoms with Crippen LogP contribution in [0.5, 0.6) is 11.5 Å². The zero-order chi connectivity index (χ0) is 26.8. The number of pyridine rings is 1. The molecule has 0 radical (unpaired) electrons. The number of nitrogens with one attached hydrogen (secondary N) is 1. The Bertz CT molecular complexity index is 1440. The summed E-state index contributed by atoms with van der Waals surface area (Å²) in [5, 5.41) is 14.4. The Balaban J connectivity index is 1.60. The average Bonchev–Trinajstić information content (AvgIpc) is 3.41. The number of aryl methyl sites for hydroxylation is 1. The van der Waals surface area contributed by atoms with E-state index in [0.29, 0.717) is 29.1 Å². The standard InChI is InChI=1S/C29H29ClN4O3S/c1-18-16-23(19(2)33(18)20-7-10-22(35)11-8-20)28-27(25-6-4-5-13-31-25)32-29(38)34(28)21-9-12-26(24(30)17-21)37-15-14-36-3/h4-13,16-17,27-28,35H,14-15H2,1-3H3,(H,32,38). The van der Waals surface area contributed by atoms with Gasteiger partial charge >= 0.3 is 0 Å². The van der Waals surface area contributed by atoms with Crippen molar-refractivity contribution in [3.8, 4) is 17.2 Å².